The maximum atomic E-state index is 12.5. The Morgan fingerprint density at radius 2 is 1.52 bits per heavy atom. The van der Waals surface area contributed by atoms with Gasteiger partial charge in [0.1, 0.15) is 0 Å². The molecular formula is C16H20N2O2S. The first-order valence-electron chi connectivity index (χ1n) is 6.89. The van der Waals surface area contributed by atoms with Gasteiger partial charge in [0.2, 0.25) is 0 Å². The number of benzene rings is 2. The van der Waals surface area contributed by atoms with Crippen LogP contribution < -0.4 is 11.1 Å². The molecule has 4 nitrogen and oxygen atoms in total. The Morgan fingerprint density at radius 1 is 0.952 bits per heavy atom. The van der Waals surface area contributed by atoms with Crippen molar-refractivity contribution in [3.63, 3.8) is 0 Å². The first kappa shape index (κ1) is 15.7. The average Bonchev–Trinajstić information content (AvgIpc) is 2.53. The van der Waals surface area contributed by atoms with E-state index < -0.39 is 9.84 Å². The summed E-state index contributed by atoms with van der Waals surface area (Å²) in [5.74, 6) is 0.0149. The fraction of sp³-hybridized carbons (Fsp3) is 0.250. The summed E-state index contributed by atoms with van der Waals surface area (Å²) in [6.07, 6.45) is 0. The molecule has 3 N–H and O–H groups in total. The fourth-order valence-corrected chi connectivity index (χ4v) is 3.67. The van der Waals surface area contributed by atoms with E-state index in [4.69, 9.17) is 5.73 Å². The second kappa shape index (κ2) is 7.36. The smallest absolute Gasteiger partial charge is 0.180 e. The molecule has 0 heterocycles. The van der Waals surface area contributed by atoms with Crippen LogP contribution in [0.2, 0.25) is 0 Å². The van der Waals surface area contributed by atoms with Crippen LogP contribution in [0.1, 0.15) is 11.6 Å². The van der Waals surface area contributed by atoms with Crippen molar-refractivity contribution < 1.29 is 8.42 Å². The fourth-order valence-electron chi connectivity index (χ4n) is 2.16. The zero-order chi connectivity index (χ0) is 15.1. The van der Waals surface area contributed by atoms with Gasteiger partial charge in [0, 0.05) is 19.1 Å². The van der Waals surface area contributed by atoms with Gasteiger partial charge < -0.3 is 11.1 Å². The maximum absolute atomic E-state index is 12.5. The highest BCUT2D eigenvalue weighted by molar-refractivity contribution is 7.91. The Kier molecular flexibility index (Phi) is 5.50. The number of rotatable bonds is 7. The van der Waals surface area contributed by atoms with Crippen molar-refractivity contribution in [1.82, 2.24) is 5.32 Å². The Bertz CT molecular complexity index is 642. The van der Waals surface area contributed by atoms with Gasteiger partial charge in [0.25, 0.3) is 0 Å². The maximum Gasteiger partial charge on any atom is 0.180 e. The van der Waals surface area contributed by atoms with Crippen molar-refractivity contribution in [1.29, 1.82) is 0 Å². The molecule has 2 aromatic carbocycles. The Balaban J connectivity index is 2.23. The van der Waals surface area contributed by atoms with Crippen molar-refractivity contribution in [3.05, 3.63) is 66.2 Å². The SMILES string of the molecule is NCCN[C@@H](CS(=O)(=O)c1ccccc1)c1ccccc1. The molecule has 0 unspecified atom stereocenters. The number of hydrogen-bond donors (Lipinski definition) is 2. The molecule has 0 aliphatic rings. The van der Waals surface area contributed by atoms with Crippen molar-refractivity contribution in [2.75, 3.05) is 18.8 Å². The summed E-state index contributed by atoms with van der Waals surface area (Å²) in [6, 6.07) is 17.8. The van der Waals surface area contributed by atoms with Crippen LogP contribution in [0.15, 0.2) is 65.6 Å². The first-order chi connectivity index (χ1) is 10.1. The molecule has 0 saturated heterocycles. The monoisotopic (exact) mass is 304 g/mol. The predicted octanol–water partition coefficient (Wildman–Crippen LogP) is 1.75. The molecule has 21 heavy (non-hydrogen) atoms. The molecule has 0 bridgehead atoms. The third kappa shape index (κ3) is 4.39. The summed E-state index contributed by atoms with van der Waals surface area (Å²) in [5, 5.41) is 3.21. The van der Waals surface area contributed by atoms with Gasteiger partial charge in [-0.1, -0.05) is 48.5 Å². The normalized spacial score (nSPS) is 13.0. The van der Waals surface area contributed by atoms with E-state index in [-0.39, 0.29) is 11.8 Å². The minimum absolute atomic E-state index is 0.0149. The van der Waals surface area contributed by atoms with E-state index in [0.717, 1.165) is 5.56 Å². The molecule has 2 aromatic rings. The molecule has 5 heteroatoms. The molecule has 1 atom stereocenters. The third-order valence-electron chi connectivity index (χ3n) is 3.23. The summed E-state index contributed by atoms with van der Waals surface area (Å²) in [6.45, 7) is 1.04. The second-order valence-corrected chi connectivity index (χ2v) is 6.83. The molecular weight excluding hydrogens is 284 g/mol. The summed E-state index contributed by atoms with van der Waals surface area (Å²) < 4.78 is 25.0. The second-order valence-electron chi connectivity index (χ2n) is 4.80. The summed E-state index contributed by atoms with van der Waals surface area (Å²) in [7, 11) is -3.34. The van der Waals surface area contributed by atoms with Gasteiger partial charge >= 0.3 is 0 Å². The van der Waals surface area contributed by atoms with E-state index in [0.29, 0.717) is 18.0 Å². The van der Waals surface area contributed by atoms with Crippen LogP contribution >= 0.6 is 0 Å². The Labute approximate surface area is 125 Å². The van der Waals surface area contributed by atoms with Gasteiger partial charge in [-0.25, -0.2) is 8.42 Å². The third-order valence-corrected chi connectivity index (χ3v) is 4.99. The van der Waals surface area contributed by atoms with E-state index in [1.807, 2.05) is 30.3 Å². The highest BCUT2D eigenvalue weighted by Gasteiger charge is 2.21. The zero-order valence-electron chi connectivity index (χ0n) is 11.8. The first-order valence-corrected chi connectivity index (χ1v) is 8.55. The molecule has 0 aromatic heterocycles. The summed E-state index contributed by atoms with van der Waals surface area (Å²) in [5.41, 5.74) is 6.47. The lowest BCUT2D eigenvalue weighted by Crippen LogP contribution is -2.32. The van der Waals surface area contributed by atoms with Crippen molar-refractivity contribution >= 4 is 9.84 Å². The van der Waals surface area contributed by atoms with Crippen LogP contribution in [0, 0.1) is 0 Å². The number of nitrogens with one attached hydrogen (secondary N) is 1. The van der Waals surface area contributed by atoms with Gasteiger partial charge in [-0.3, -0.25) is 0 Å². The zero-order valence-corrected chi connectivity index (χ0v) is 12.6. The number of sulfone groups is 1. The highest BCUT2D eigenvalue weighted by Crippen LogP contribution is 2.19. The lowest BCUT2D eigenvalue weighted by Gasteiger charge is -2.19. The van der Waals surface area contributed by atoms with Gasteiger partial charge in [0.15, 0.2) is 9.84 Å². The van der Waals surface area contributed by atoms with Crippen LogP contribution in [-0.2, 0) is 9.84 Å². The van der Waals surface area contributed by atoms with E-state index >= 15 is 0 Å². The Morgan fingerprint density at radius 3 is 2.10 bits per heavy atom. The van der Waals surface area contributed by atoms with E-state index in [1.165, 1.54) is 0 Å². The van der Waals surface area contributed by atoms with Crippen LogP contribution in [-0.4, -0.2) is 27.3 Å². The molecule has 0 aliphatic carbocycles. The van der Waals surface area contributed by atoms with Crippen molar-refractivity contribution in [2.24, 2.45) is 5.73 Å². The minimum Gasteiger partial charge on any atom is -0.329 e. The largest absolute Gasteiger partial charge is 0.329 e. The molecule has 112 valence electrons. The molecule has 0 saturated carbocycles. The van der Waals surface area contributed by atoms with Crippen LogP contribution in [0.3, 0.4) is 0 Å². The molecule has 2 rings (SSSR count). The molecule has 0 radical (unpaired) electrons. The lowest BCUT2D eigenvalue weighted by molar-refractivity contribution is 0.552. The topological polar surface area (TPSA) is 72.2 Å². The number of nitrogens with two attached hydrogens (primary N) is 1. The highest BCUT2D eigenvalue weighted by atomic mass is 32.2. The van der Waals surface area contributed by atoms with Gasteiger partial charge in [-0.15, -0.1) is 0 Å². The Hall–Kier alpha value is -1.69. The van der Waals surface area contributed by atoms with Gasteiger partial charge in [0.05, 0.1) is 10.6 Å². The van der Waals surface area contributed by atoms with Crippen LogP contribution in [0.25, 0.3) is 0 Å². The number of hydrogen-bond acceptors (Lipinski definition) is 4. The molecule has 0 spiro atoms. The molecule has 0 aliphatic heterocycles. The van der Waals surface area contributed by atoms with Crippen molar-refractivity contribution in [2.45, 2.75) is 10.9 Å². The molecule has 0 fully saturated rings. The average molecular weight is 304 g/mol. The minimum atomic E-state index is -3.34. The predicted molar refractivity (Wildman–Crippen MR) is 84.7 cm³/mol. The van der Waals surface area contributed by atoms with Crippen LogP contribution in [0.5, 0.6) is 0 Å². The van der Waals surface area contributed by atoms with Gasteiger partial charge in [-0.2, -0.15) is 0 Å². The summed E-state index contributed by atoms with van der Waals surface area (Å²) in [4.78, 5) is 0.348. The standard InChI is InChI=1S/C16H20N2O2S/c17-11-12-18-16(14-7-3-1-4-8-14)13-21(19,20)15-9-5-2-6-10-15/h1-10,16,18H,11-13,17H2/t16-/m0/s1. The van der Waals surface area contributed by atoms with Crippen LogP contribution in [0.4, 0.5) is 0 Å². The summed E-state index contributed by atoms with van der Waals surface area (Å²) >= 11 is 0. The van der Waals surface area contributed by atoms with E-state index in [2.05, 4.69) is 5.32 Å². The quantitative estimate of drug-likeness (QED) is 0.817. The van der Waals surface area contributed by atoms with E-state index in [9.17, 15) is 8.42 Å². The van der Waals surface area contributed by atoms with Gasteiger partial charge in [-0.05, 0) is 17.7 Å². The van der Waals surface area contributed by atoms with E-state index in [1.54, 1.807) is 30.3 Å². The van der Waals surface area contributed by atoms with Crippen molar-refractivity contribution in [3.8, 4) is 0 Å². The lowest BCUT2D eigenvalue weighted by atomic mass is 10.1. The molecule has 0 amide bonds.